The summed E-state index contributed by atoms with van der Waals surface area (Å²) in [4.78, 5) is 14.6. The smallest absolute Gasteiger partial charge is 0.225 e. The number of nitrogens with one attached hydrogen (secondary N) is 1. The predicted molar refractivity (Wildman–Crippen MR) is 141 cm³/mol. The van der Waals surface area contributed by atoms with Gasteiger partial charge in [0.05, 0.1) is 18.8 Å². The predicted octanol–water partition coefficient (Wildman–Crippen LogP) is 6.85. The summed E-state index contributed by atoms with van der Waals surface area (Å²) in [6.45, 7) is 3.99. The van der Waals surface area contributed by atoms with E-state index in [-0.39, 0.29) is 24.3 Å². The Bertz CT molecular complexity index is 1210. The molecular formula is C29H32N2O3S. The Morgan fingerprint density at radius 1 is 1.09 bits per heavy atom. The second-order valence-electron chi connectivity index (χ2n) is 9.16. The first-order chi connectivity index (χ1) is 17.0. The van der Waals surface area contributed by atoms with Crippen molar-refractivity contribution in [3.05, 3.63) is 75.7 Å². The zero-order chi connectivity index (χ0) is 24.8. The molecule has 6 heteroatoms. The van der Waals surface area contributed by atoms with E-state index in [0.29, 0.717) is 10.6 Å². The average molecular weight is 489 g/mol. The van der Waals surface area contributed by atoms with Gasteiger partial charge in [0.15, 0.2) is 0 Å². The Kier molecular flexibility index (Phi) is 8.09. The first-order valence-electron chi connectivity index (χ1n) is 12.2. The number of amides is 1. The molecule has 0 fully saturated rings. The van der Waals surface area contributed by atoms with Crippen molar-refractivity contribution in [1.82, 2.24) is 0 Å². The van der Waals surface area contributed by atoms with Crippen LogP contribution in [0.2, 0.25) is 0 Å². The van der Waals surface area contributed by atoms with Crippen molar-refractivity contribution < 1.29 is 14.3 Å². The highest BCUT2D eigenvalue weighted by Gasteiger charge is 2.25. The number of methoxy groups -OCH3 is 1. The van der Waals surface area contributed by atoms with Crippen LogP contribution in [-0.4, -0.2) is 19.1 Å². The molecule has 5 nitrogen and oxygen atoms in total. The fourth-order valence-electron chi connectivity index (χ4n) is 4.72. The lowest BCUT2D eigenvalue weighted by molar-refractivity contribution is -0.116. The van der Waals surface area contributed by atoms with E-state index in [1.165, 1.54) is 11.3 Å². The van der Waals surface area contributed by atoms with E-state index >= 15 is 0 Å². The number of ether oxygens (including phenoxy) is 2. The van der Waals surface area contributed by atoms with Crippen molar-refractivity contribution in [1.29, 1.82) is 5.26 Å². The minimum absolute atomic E-state index is 0.0897. The van der Waals surface area contributed by atoms with Crippen molar-refractivity contribution in [2.45, 2.75) is 64.4 Å². The maximum atomic E-state index is 13.4. The van der Waals surface area contributed by atoms with Gasteiger partial charge in [-0.15, -0.1) is 11.3 Å². The Morgan fingerprint density at radius 3 is 2.54 bits per heavy atom. The van der Waals surface area contributed by atoms with Crippen LogP contribution in [0.25, 0.3) is 0 Å². The maximum Gasteiger partial charge on any atom is 0.225 e. The average Bonchev–Trinajstić information content (AvgIpc) is 3.01. The highest BCUT2D eigenvalue weighted by molar-refractivity contribution is 7.16. The number of anilines is 1. The number of hydrogen-bond acceptors (Lipinski definition) is 5. The summed E-state index contributed by atoms with van der Waals surface area (Å²) >= 11 is 1.57. The van der Waals surface area contributed by atoms with Crippen molar-refractivity contribution in [2.24, 2.45) is 0 Å². The van der Waals surface area contributed by atoms with Crippen LogP contribution in [0.1, 0.15) is 72.6 Å². The second-order valence-corrected chi connectivity index (χ2v) is 10.3. The molecule has 3 aromatic rings. The number of nitrogens with zero attached hydrogens (tertiary/aromatic N) is 1. The van der Waals surface area contributed by atoms with Gasteiger partial charge in [-0.3, -0.25) is 4.79 Å². The SMILES string of the molecule is COc1ccccc1C(CC(=O)Nc1sc2c(c1C#N)CCCCC2)c1ccc(OC(C)C)cc1. The van der Waals surface area contributed by atoms with Crippen LogP contribution in [0, 0.1) is 11.3 Å². The van der Waals surface area contributed by atoms with Gasteiger partial charge in [0.25, 0.3) is 0 Å². The van der Waals surface area contributed by atoms with Gasteiger partial charge in [0, 0.05) is 22.8 Å². The van der Waals surface area contributed by atoms with Crippen molar-refractivity contribution in [3.63, 3.8) is 0 Å². The van der Waals surface area contributed by atoms with Gasteiger partial charge < -0.3 is 14.8 Å². The zero-order valence-electron chi connectivity index (χ0n) is 20.6. The minimum Gasteiger partial charge on any atom is -0.496 e. The number of para-hydroxylation sites is 1. The minimum atomic E-state index is -0.206. The second kappa shape index (κ2) is 11.4. The number of nitriles is 1. The van der Waals surface area contributed by atoms with Crippen molar-refractivity contribution >= 4 is 22.2 Å². The topological polar surface area (TPSA) is 71.3 Å². The highest BCUT2D eigenvalue weighted by atomic mass is 32.1. The lowest BCUT2D eigenvalue weighted by Crippen LogP contribution is -2.17. The summed E-state index contributed by atoms with van der Waals surface area (Å²) in [7, 11) is 1.65. The van der Waals surface area contributed by atoms with Gasteiger partial charge in [-0.1, -0.05) is 36.8 Å². The summed E-state index contributed by atoms with van der Waals surface area (Å²) in [6, 6.07) is 18.1. The molecule has 0 saturated carbocycles. The van der Waals surface area contributed by atoms with Gasteiger partial charge in [0.2, 0.25) is 5.91 Å². The third-order valence-electron chi connectivity index (χ3n) is 6.34. The molecule has 1 aromatic heterocycles. The molecule has 1 aliphatic rings. The van der Waals surface area contributed by atoms with Gasteiger partial charge in [-0.05, 0) is 68.9 Å². The maximum absolute atomic E-state index is 13.4. The third-order valence-corrected chi connectivity index (χ3v) is 7.55. The van der Waals surface area contributed by atoms with Gasteiger partial charge >= 0.3 is 0 Å². The fourth-order valence-corrected chi connectivity index (χ4v) is 5.98. The summed E-state index contributed by atoms with van der Waals surface area (Å²) in [6.07, 6.45) is 5.65. The molecule has 1 heterocycles. The molecule has 1 N–H and O–H groups in total. The summed E-state index contributed by atoms with van der Waals surface area (Å²) in [5.74, 6) is 1.22. The molecule has 0 bridgehead atoms. The lowest BCUT2D eigenvalue weighted by atomic mass is 9.87. The molecule has 1 unspecified atom stereocenters. The molecular weight excluding hydrogens is 456 g/mol. The summed E-state index contributed by atoms with van der Waals surface area (Å²) in [5, 5.41) is 13.6. The van der Waals surface area contributed by atoms with E-state index in [0.717, 1.165) is 53.9 Å². The van der Waals surface area contributed by atoms with Crippen LogP contribution in [0.3, 0.4) is 0 Å². The van der Waals surface area contributed by atoms with Gasteiger partial charge in [-0.2, -0.15) is 5.26 Å². The number of fused-ring (bicyclic) bond motifs is 1. The largest absolute Gasteiger partial charge is 0.496 e. The van der Waals surface area contributed by atoms with Crippen LogP contribution in [0.5, 0.6) is 11.5 Å². The van der Waals surface area contributed by atoms with Crippen LogP contribution in [0.15, 0.2) is 48.5 Å². The molecule has 2 aromatic carbocycles. The molecule has 4 rings (SSSR count). The normalized spacial score (nSPS) is 13.9. The van der Waals surface area contributed by atoms with Gasteiger partial charge in [-0.25, -0.2) is 0 Å². The quantitative estimate of drug-likeness (QED) is 0.352. The Morgan fingerprint density at radius 2 is 1.83 bits per heavy atom. The Balaban J connectivity index is 1.61. The molecule has 0 radical (unpaired) electrons. The molecule has 1 aliphatic carbocycles. The fraction of sp³-hybridized carbons (Fsp3) is 0.379. The molecule has 35 heavy (non-hydrogen) atoms. The Labute approximate surface area is 211 Å². The summed E-state index contributed by atoms with van der Waals surface area (Å²) in [5.41, 5.74) is 3.73. The van der Waals surface area contributed by atoms with Crippen molar-refractivity contribution in [2.75, 3.05) is 12.4 Å². The number of carbonyl (C=O) groups is 1. The zero-order valence-corrected chi connectivity index (χ0v) is 21.4. The molecule has 1 atom stereocenters. The van der Waals surface area contributed by atoms with E-state index in [9.17, 15) is 10.1 Å². The molecule has 0 aliphatic heterocycles. The highest BCUT2D eigenvalue weighted by Crippen LogP contribution is 2.39. The monoisotopic (exact) mass is 488 g/mol. The van der Waals surface area contributed by atoms with Crippen LogP contribution >= 0.6 is 11.3 Å². The number of thiophene rings is 1. The number of carbonyl (C=O) groups excluding carboxylic acids is 1. The number of rotatable bonds is 8. The standard InChI is InChI=1S/C29H32N2O3S/c1-19(2)34-21-15-13-20(14-16-21)24(22-9-7-8-11-26(22)33-3)17-28(32)31-29-25(18-30)23-10-5-4-6-12-27(23)35-29/h7-9,11,13-16,19,24H,4-6,10,12,17H2,1-3H3,(H,31,32). The van der Waals surface area contributed by atoms with Gasteiger partial charge in [0.1, 0.15) is 22.6 Å². The van der Waals surface area contributed by atoms with E-state index in [4.69, 9.17) is 9.47 Å². The van der Waals surface area contributed by atoms with E-state index in [1.807, 2.05) is 62.4 Å². The van der Waals surface area contributed by atoms with E-state index in [2.05, 4.69) is 11.4 Å². The Hall–Kier alpha value is -3.30. The summed E-state index contributed by atoms with van der Waals surface area (Å²) < 4.78 is 11.4. The van der Waals surface area contributed by atoms with E-state index in [1.54, 1.807) is 18.4 Å². The van der Waals surface area contributed by atoms with Crippen molar-refractivity contribution in [3.8, 4) is 17.6 Å². The molecule has 0 spiro atoms. The van der Waals surface area contributed by atoms with E-state index < -0.39 is 0 Å². The van der Waals surface area contributed by atoms with Crippen LogP contribution in [-0.2, 0) is 17.6 Å². The number of hydrogen-bond donors (Lipinski definition) is 1. The number of benzene rings is 2. The molecule has 0 saturated heterocycles. The lowest BCUT2D eigenvalue weighted by Gasteiger charge is -2.21. The first-order valence-corrected chi connectivity index (χ1v) is 13.1. The van der Waals surface area contributed by atoms with Crippen LogP contribution in [0.4, 0.5) is 5.00 Å². The molecule has 182 valence electrons. The first kappa shape index (κ1) is 24.8. The molecule has 1 amide bonds. The van der Waals surface area contributed by atoms with Crippen LogP contribution < -0.4 is 14.8 Å². The number of aryl methyl sites for hydroxylation is 1. The third kappa shape index (κ3) is 5.86.